The molecule has 0 aliphatic carbocycles. The zero-order valence-corrected chi connectivity index (χ0v) is 13.8. The zero-order valence-electron chi connectivity index (χ0n) is 11.5. The van der Waals surface area contributed by atoms with E-state index < -0.39 is 11.9 Å². The Bertz CT molecular complexity index is 747. The fourth-order valence-electron chi connectivity index (χ4n) is 1.81. The number of halogens is 3. The first-order chi connectivity index (χ1) is 10.9. The number of hydrogen-bond acceptors (Lipinski definition) is 3. The Morgan fingerprint density at radius 1 is 0.870 bits per heavy atom. The molecule has 0 heterocycles. The van der Waals surface area contributed by atoms with Crippen LogP contribution in [0.5, 0.6) is 0 Å². The first-order valence-corrected chi connectivity index (χ1v) is 7.37. The molecule has 0 fully saturated rings. The minimum Gasteiger partial charge on any atom is -0.308 e. The summed E-state index contributed by atoms with van der Waals surface area (Å²) in [5.41, 5.74) is 2.75. The molecule has 0 aliphatic heterocycles. The van der Waals surface area contributed by atoms with Gasteiger partial charge in [0, 0.05) is 20.8 Å². The summed E-state index contributed by atoms with van der Waals surface area (Å²) < 4.78 is 0. The lowest BCUT2D eigenvalue weighted by molar-refractivity contribution is 0.0954. The van der Waals surface area contributed by atoms with Crippen molar-refractivity contribution >= 4 is 58.1 Å². The van der Waals surface area contributed by atoms with E-state index in [4.69, 9.17) is 40.6 Å². The molecule has 0 saturated carbocycles. The van der Waals surface area contributed by atoms with Crippen molar-refractivity contribution in [3.05, 3.63) is 57.0 Å². The van der Waals surface area contributed by atoms with Crippen LogP contribution in [0, 0.1) is 0 Å². The fraction of sp³-hybridized carbons (Fsp3) is 0. The molecule has 0 bridgehead atoms. The average Bonchev–Trinajstić information content (AvgIpc) is 2.45. The van der Waals surface area contributed by atoms with E-state index in [-0.39, 0.29) is 11.3 Å². The molecule has 0 radical (unpaired) electrons. The highest BCUT2D eigenvalue weighted by Gasteiger charge is 2.13. The molecule has 0 unspecified atom stereocenters. The van der Waals surface area contributed by atoms with Gasteiger partial charge in [0.05, 0.1) is 11.3 Å². The molecular weight excluding hydrogens is 363 g/mol. The van der Waals surface area contributed by atoms with E-state index in [0.717, 1.165) is 0 Å². The van der Waals surface area contributed by atoms with Gasteiger partial charge in [-0.25, -0.2) is 10.6 Å². The van der Waals surface area contributed by atoms with Crippen molar-refractivity contribution in [2.75, 3.05) is 10.6 Å². The minimum atomic E-state index is -0.600. The van der Waals surface area contributed by atoms with Crippen LogP contribution in [0.25, 0.3) is 0 Å². The number of urea groups is 1. The van der Waals surface area contributed by atoms with Gasteiger partial charge in [-0.3, -0.25) is 10.2 Å². The highest BCUT2D eigenvalue weighted by atomic mass is 35.5. The summed E-state index contributed by atoms with van der Waals surface area (Å²) in [7, 11) is 0. The van der Waals surface area contributed by atoms with Crippen molar-refractivity contribution in [2.45, 2.75) is 0 Å². The van der Waals surface area contributed by atoms with E-state index in [1.807, 2.05) is 5.43 Å². The van der Waals surface area contributed by atoms with Gasteiger partial charge < -0.3 is 10.6 Å². The maximum atomic E-state index is 12.1. The molecular formula is C14H11Cl3N4O2. The maximum absolute atomic E-state index is 12.1. The first kappa shape index (κ1) is 17.4. The normalized spacial score (nSPS) is 10.1. The molecule has 0 aromatic heterocycles. The summed E-state index contributed by atoms with van der Waals surface area (Å²) in [6.45, 7) is 0. The van der Waals surface area contributed by atoms with Gasteiger partial charge in [0.25, 0.3) is 5.91 Å². The van der Waals surface area contributed by atoms with Crippen molar-refractivity contribution < 1.29 is 9.59 Å². The second-order valence-corrected chi connectivity index (χ2v) is 5.71. The Hall–Kier alpha value is -1.99. The lowest BCUT2D eigenvalue weighted by atomic mass is 10.1. The number of rotatable bonds is 3. The summed E-state index contributed by atoms with van der Waals surface area (Å²) in [6.07, 6.45) is 0. The van der Waals surface area contributed by atoms with Gasteiger partial charge in [0.2, 0.25) is 0 Å². The van der Waals surface area contributed by atoms with Gasteiger partial charge in [0.1, 0.15) is 0 Å². The van der Waals surface area contributed by atoms with E-state index >= 15 is 0 Å². The molecule has 5 N–H and O–H groups in total. The van der Waals surface area contributed by atoms with Crippen molar-refractivity contribution in [3.63, 3.8) is 0 Å². The summed E-state index contributed by atoms with van der Waals surface area (Å²) >= 11 is 17.6. The molecule has 2 aromatic carbocycles. The van der Waals surface area contributed by atoms with Crippen molar-refractivity contribution in [2.24, 2.45) is 5.84 Å². The second-order valence-electron chi connectivity index (χ2n) is 4.40. The number of hydrazine groups is 1. The minimum absolute atomic E-state index is 0.163. The van der Waals surface area contributed by atoms with Crippen LogP contribution in [0.1, 0.15) is 10.4 Å². The van der Waals surface area contributed by atoms with Crippen LogP contribution in [0.4, 0.5) is 16.2 Å². The Balaban J connectivity index is 2.19. The number of benzene rings is 2. The monoisotopic (exact) mass is 372 g/mol. The average molecular weight is 374 g/mol. The fourth-order valence-corrected chi connectivity index (χ4v) is 2.50. The number of amides is 3. The highest BCUT2D eigenvalue weighted by Crippen LogP contribution is 2.24. The number of nitrogen functional groups attached to an aromatic ring is 1. The molecule has 0 saturated heterocycles. The SMILES string of the molecule is NNC(=O)c1ccc(Cl)cc1NC(=O)Nc1cc(Cl)cc(Cl)c1. The van der Waals surface area contributed by atoms with Crippen molar-refractivity contribution in [1.82, 2.24) is 5.43 Å². The molecule has 2 rings (SSSR count). The molecule has 0 aliphatic rings. The molecule has 0 atom stereocenters. The van der Waals surface area contributed by atoms with E-state index in [2.05, 4.69) is 10.6 Å². The summed E-state index contributed by atoms with van der Waals surface area (Å²) in [4.78, 5) is 23.8. The van der Waals surface area contributed by atoms with E-state index in [9.17, 15) is 9.59 Å². The second kappa shape index (κ2) is 7.52. The Morgan fingerprint density at radius 2 is 1.52 bits per heavy atom. The molecule has 23 heavy (non-hydrogen) atoms. The van der Waals surface area contributed by atoms with Crippen LogP contribution in [0.15, 0.2) is 36.4 Å². The molecule has 0 spiro atoms. The van der Waals surface area contributed by atoms with Gasteiger partial charge >= 0.3 is 6.03 Å². The van der Waals surface area contributed by atoms with Gasteiger partial charge in [-0.1, -0.05) is 34.8 Å². The smallest absolute Gasteiger partial charge is 0.308 e. The van der Waals surface area contributed by atoms with E-state index in [1.165, 1.54) is 36.4 Å². The number of nitrogens with two attached hydrogens (primary N) is 1. The number of carbonyl (C=O) groups is 2. The summed E-state index contributed by atoms with van der Waals surface area (Å²) in [5.74, 6) is 4.54. The standard InChI is InChI=1S/C14H11Cl3N4O2/c15-7-1-2-11(13(22)21-18)12(6-7)20-14(23)19-10-4-8(16)3-9(17)5-10/h1-6H,18H2,(H,21,22)(H2,19,20,23). The van der Waals surface area contributed by atoms with Crippen LogP contribution in [0.3, 0.4) is 0 Å². The van der Waals surface area contributed by atoms with Crippen LogP contribution in [-0.4, -0.2) is 11.9 Å². The Kier molecular flexibility index (Phi) is 5.68. The van der Waals surface area contributed by atoms with Gasteiger partial charge in [-0.2, -0.15) is 0 Å². The number of nitrogens with one attached hydrogen (secondary N) is 3. The Labute approximate surface area is 146 Å². The number of carbonyl (C=O) groups excluding carboxylic acids is 2. The van der Waals surface area contributed by atoms with E-state index in [0.29, 0.717) is 20.8 Å². The third kappa shape index (κ3) is 4.74. The van der Waals surface area contributed by atoms with Crippen molar-refractivity contribution in [3.8, 4) is 0 Å². The topological polar surface area (TPSA) is 96.2 Å². The van der Waals surface area contributed by atoms with Crippen LogP contribution in [0.2, 0.25) is 15.1 Å². The van der Waals surface area contributed by atoms with Crippen LogP contribution < -0.4 is 21.9 Å². The molecule has 9 heteroatoms. The summed E-state index contributed by atoms with van der Waals surface area (Å²) in [5, 5.41) is 6.16. The van der Waals surface area contributed by atoms with Gasteiger partial charge in [-0.15, -0.1) is 0 Å². The maximum Gasteiger partial charge on any atom is 0.323 e. The Morgan fingerprint density at radius 3 is 2.13 bits per heavy atom. The number of hydrogen-bond donors (Lipinski definition) is 4. The van der Waals surface area contributed by atoms with Crippen LogP contribution in [-0.2, 0) is 0 Å². The first-order valence-electron chi connectivity index (χ1n) is 6.23. The lowest BCUT2D eigenvalue weighted by Crippen LogP contribution is -2.31. The van der Waals surface area contributed by atoms with Crippen LogP contribution >= 0.6 is 34.8 Å². The van der Waals surface area contributed by atoms with Gasteiger partial charge in [0.15, 0.2) is 0 Å². The number of anilines is 2. The lowest BCUT2D eigenvalue weighted by Gasteiger charge is -2.12. The molecule has 120 valence electrons. The molecule has 3 amide bonds. The highest BCUT2D eigenvalue weighted by molar-refractivity contribution is 6.35. The third-order valence-electron chi connectivity index (χ3n) is 2.73. The summed E-state index contributed by atoms with van der Waals surface area (Å²) in [6, 6.07) is 8.36. The predicted molar refractivity (Wildman–Crippen MR) is 92.2 cm³/mol. The quantitative estimate of drug-likeness (QED) is 0.373. The zero-order chi connectivity index (χ0) is 17.0. The van der Waals surface area contributed by atoms with Gasteiger partial charge in [-0.05, 0) is 36.4 Å². The van der Waals surface area contributed by atoms with E-state index in [1.54, 1.807) is 0 Å². The predicted octanol–water partition coefficient (Wildman–Crippen LogP) is 3.89. The third-order valence-corrected chi connectivity index (χ3v) is 3.40. The van der Waals surface area contributed by atoms with Crippen molar-refractivity contribution in [1.29, 1.82) is 0 Å². The molecule has 6 nitrogen and oxygen atoms in total. The largest absolute Gasteiger partial charge is 0.323 e. The molecule has 2 aromatic rings.